The van der Waals surface area contributed by atoms with Crippen molar-refractivity contribution in [3.05, 3.63) is 40.0 Å². The highest BCUT2D eigenvalue weighted by Crippen LogP contribution is 2.28. The van der Waals surface area contributed by atoms with Crippen molar-refractivity contribution >= 4 is 33.7 Å². The Balaban J connectivity index is 1.81. The van der Waals surface area contributed by atoms with Crippen LogP contribution in [0.4, 0.5) is 5.13 Å². The third-order valence-electron chi connectivity index (χ3n) is 3.04. The predicted octanol–water partition coefficient (Wildman–Crippen LogP) is 3.74. The first kappa shape index (κ1) is 15.7. The minimum atomic E-state index is -0.214. The van der Waals surface area contributed by atoms with Crippen LogP contribution in [0.1, 0.15) is 40.1 Å². The third kappa shape index (κ3) is 3.43. The Morgan fingerprint density at radius 2 is 2.04 bits per heavy atom. The van der Waals surface area contributed by atoms with Crippen LogP contribution in [0.15, 0.2) is 24.4 Å². The van der Waals surface area contributed by atoms with Crippen LogP contribution in [0.3, 0.4) is 0 Å². The molecule has 1 N–H and O–H groups in total. The SMILES string of the molecule is Cc1nc(-c2ccccn2)sc1C(=O)Nc1nnc(C(C)C)s1. The fourth-order valence-electron chi connectivity index (χ4n) is 1.88. The van der Waals surface area contributed by atoms with Crippen molar-refractivity contribution in [1.29, 1.82) is 0 Å². The molecule has 118 valence electrons. The van der Waals surface area contributed by atoms with Crippen molar-refractivity contribution in [3.8, 4) is 10.7 Å². The zero-order chi connectivity index (χ0) is 16.4. The van der Waals surface area contributed by atoms with E-state index in [2.05, 4.69) is 25.5 Å². The van der Waals surface area contributed by atoms with Gasteiger partial charge in [-0.1, -0.05) is 31.3 Å². The third-order valence-corrected chi connectivity index (χ3v) is 5.36. The van der Waals surface area contributed by atoms with Crippen molar-refractivity contribution in [3.63, 3.8) is 0 Å². The lowest BCUT2D eigenvalue weighted by Crippen LogP contribution is -2.11. The number of anilines is 1. The van der Waals surface area contributed by atoms with E-state index in [0.717, 1.165) is 15.7 Å². The lowest BCUT2D eigenvalue weighted by Gasteiger charge is -1.98. The molecule has 0 aliphatic rings. The fourth-order valence-corrected chi connectivity index (χ4v) is 3.56. The van der Waals surface area contributed by atoms with Crippen molar-refractivity contribution < 1.29 is 4.79 Å². The highest BCUT2D eigenvalue weighted by molar-refractivity contribution is 7.17. The fraction of sp³-hybridized carbons (Fsp3) is 0.267. The van der Waals surface area contributed by atoms with Crippen molar-refractivity contribution in [2.45, 2.75) is 26.7 Å². The standard InChI is InChI=1S/C15H15N5OS2/c1-8(2)13-19-20-15(23-13)18-12(21)11-9(3)17-14(22-11)10-6-4-5-7-16-10/h4-8H,1-3H3,(H,18,20,21). The Morgan fingerprint density at radius 1 is 1.22 bits per heavy atom. The maximum absolute atomic E-state index is 12.4. The molecule has 0 aromatic carbocycles. The molecule has 23 heavy (non-hydrogen) atoms. The molecule has 0 unspecified atom stereocenters. The molecule has 0 saturated carbocycles. The van der Waals surface area contributed by atoms with Crippen LogP contribution >= 0.6 is 22.7 Å². The number of hydrogen-bond donors (Lipinski definition) is 1. The number of aryl methyl sites for hydroxylation is 1. The summed E-state index contributed by atoms with van der Waals surface area (Å²) in [6.07, 6.45) is 1.71. The minimum absolute atomic E-state index is 0.214. The van der Waals surface area contributed by atoms with Crippen molar-refractivity contribution in [1.82, 2.24) is 20.2 Å². The molecule has 6 nitrogen and oxygen atoms in total. The van der Waals surface area contributed by atoms with E-state index in [-0.39, 0.29) is 5.91 Å². The van der Waals surface area contributed by atoms with E-state index in [4.69, 9.17) is 0 Å². The van der Waals surface area contributed by atoms with Gasteiger partial charge in [0.05, 0.1) is 11.4 Å². The number of amides is 1. The summed E-state index contributed by atoms with van der Waals surface area (Å²) in [6, 6.07) is 5.62. The number of carbonyl (C=O) groups excluding carboxylic acids is 1. The van der Waals surface area contributed by atoms with Crippen LogP contribution in [0.25, 0.3) is 10.7 Å². The van der Waals surface area contributed by atoms with Crippen LogP contribution in [0, 0.1) is 6.92 Å². The molecule has 0 radical (unpaired) electrons. The van der Waals surface area contributed by atoms with Gasteiger partial charge in [0.25, 0.3) is 5.91 Å². The molecule has 0 aliphatic heterocycles. The molecular weight excluding hydrogens is 330 g/mol. The van der Waals surface area contributed by atoms with Gasteiger partial charge in [-0.25, -0.2) is 4.98 Å². The van der Waals surface area contributed by atoms with E-state index in [1.54, 1.807) is 6.20 Å². The number of carbonyl (C=O) groups is 1. The first-order valence-corrected chi connectivity index (χ1v) is 8.71. The Morgan fingerprint density at radius 3 is 2.70 bits per heavy atom. The van der Waals surface area contributed by atoms with E-state index in [1.807, 2.05) is 39.0 Å². The molecule has 3 rings (SSSR count). The molecule has 3 aromatic heterocycles. The van der Waals surface area contributed by atoms with E-state index in [1.165, 1.54) is 22.7 Å². The van der Waals surface area contributed by atoms with Gasteiger partial charge in [-0.05, 0) is 19.1 Å². The Labute approximate surface area is 141 Å². The Hall–Kier alpha value is -2.19. The first-order valence-electron chi connectivity index (χ1n) is 7.08. The topological polar surface area (TPSA) is 80.7 Å². The van der Waals surface area contributed by atoms with Crippen LogP contribution in [-0.2, 0) is 0 Å². The smallest absolute Gasteiger partial charge is 0.269 e. The maximum atomic E-state index is 12.4. The number of aromatic nitrogens is 4. The average molecular weight is 345 g/mol. The summed E-state index contributed by atoms with van der Waals surface area (Å²) in [5.41, 5.74) is 1.44. The summed E-state index contributed by atoms with van der Waals surface area (Å²) >= 11 is 2.71. The Bertz CT molecular complexity index is 826. The average Bonchev–Trinajstić information content (AvgIpc) is 3.15. The van der Waals surface area contributed by atoms with Gasteiger partial charge in [0, 0.05) is 12.1 Å². The zero-order valence-corrected chi connectivity index (χ0v) is 14.5. The van der Waals surface area contributed by atoms with Gasteiger partial charge in [-0.3, -0.25) is 15.1 Å². The first-order chi connectivity index (χ1) is 11.0. The quantitative estimate of drug-likeness (QED) is 0.779. The summed E-state index contributed by atoms with van der Waals surface area (Å²) in [5.74, 6) is 0.0766. The maximum Gasteiger partial charge on any atom is 0.269 e. The number of nitrogens with one attached hydrogen (secondary N) is 1. The number of pyridine rings is 1. The number of thiazole rings is 1. The van der Waals surface area contributed by atoms with Crippen LogP contribution in [0.2, 0.25) is 0 Å². The zero-order valence-electron chi connectivity index (χ0n) is 12.9. The molecule has 3 aromatic rings. The summed E-state index contributed by atoms with van der Waals surface area (Å²) in [7, 11) is 0. The molecule has 0 fully saturated rings. The summed E-state index contributed by atoms with van der Waals surface area (Å²) < 4.78 is 0. The lowest BCUT2D eigenvalue weighted by atomic mass is 10.2. The van der Waals surface area contributed by atoms with Gasteiger partial charge in [0.1, 0.15) is 14.9 Å². The van der Waals surface area contributed by atoms with Crippen LogP contribution in [-0.4, -0.2) is 26.1 Å². The highest BCUT2D eigenvalue weighted by Gasteiger charge is 2.18. The molecule has 1 amide bonds. The molecule has 0 atom stereocenters. The second-order valence-electron chi connectivity index (χ2n) is 5.20. The van der Waals surface area contributed by atoms with Crippen LogP contribution < -0.4 is 5.32 Å². The minimum Gasteiger partial charge on any atom is -0.296 e. The molecule has 0 aliphatic carbocycles. The van der Waals surface area contributed by atoms with Crippen molar-refractivity contribution in [2.75, 3.05) is 5.32 Å². The molecule has 8 heteroatoms. The molecule has 3 heterocycles. The number of hydrogen-bond acceptors (Lipinski definition) is 7. The van der Waals surface area contributed by atoms with Gasteiger partial charge >= 0.3 is 0 Å². The van der Waals surface area contributed by atoms with E-state index in [9.17, 15) is 4.79 Å². The van der Waals surface area contributed by atoms with E-state index >= 15 is 0 Å². The van der Waals surface area contributed by atoms with E-state index in [0.29, 0.717) is 21.6 Å². The monoisotopic (exact) mass is 345 g/mol. The van der Waals surface area contributed by atoms with E-state index < -0.39 is 0 Å². The summed E-state index contributed by atoms with van der Waals surface area (Å²) in [6.45, 7) is 5.90. The van der Waals surface area contributed by atoms with Crippen LogP contribution in [0.5, 0.6) is 0 Å². The summed E-state index contributed by atoms with van der Waals surface area (Å²) in [4.78, 5) is 21.7. The lowest BCUT2D eigenvalue weighted by molar-refractivity contribution is 0.102. The van der Waals surface area contributed by atoms with Gasteiger partial charge in [0.15, 0.2) is 0 Å². The number of rotatable bonds is 4. The normalized spacial score (nSPS) is 11.0. The largest absolute Gasteiger partial charge is 0.296 e. The second kappa shape index (κ2) is 6.51. The highest BCUT2D eigenvalue weighted by atomic mass is 32.1. The molecule has 0 spiro atoms. The van der Waals surface area contributed by atoms with Gasteiger partial charge in [0.2, 0.25) is 5.13 Å². The molecular formula is C15H15N5OS2. The van der Waals surface area contributed by atoms with Crippen molar-refractivity contribution in [2.24, 2.45) is 0 Å². The summed E-state index contributed by atoms with van der Waals surface area (Å²) in [5, 5.41) is 13.0. The second-order valence-corrected chi connectivity index (χ2v) is 7.21. The molecule has 0 bridgehead atoms. The molecule has 0 saturated heterocycles. The van der Waals surface area contributed by atoms with Gasteiger partial charge in [-0.2, -0.15) is 0 Å². The predicted molar refractivity (Wildman–Crippen MR) is 92.0 cm³/mol. The van der Waals surface area contributed by atoms with Gasteiger partial charge in [-0.15, -0.1) is 21.5 Å². The number of nitrogens with zero attached hydrogens (tertiary/aromatic N) is 4. The Kier molecular flexibility index (Phi) is 4.44. The van der Waals surface area contributed by atoms with Gasteiger partial charge < -0.3 is 0 Å².